The number of ether oxygens (including phenoxy) is 1. The van der Waals surface area contributed by atoms with E-state index in [0.29, 0.717) is 6.61 Å². The van der Waals surface area contributed by atoms with Crippen LogP contribution in [-0.2, 0) is 0 Å². The highest BCUT2D eigenvalue weighted by molar-refractivity contribution is 5.71. The Morgan fingerprint density at radius 1 is 1.71 bits per heavy atom. The van der Waals surface area contributed by atoms with Gasteiger partial charge < -0.3 is 15.8 Å². The minimum atomic E-state index is 0. The summed E-state index contributed by atoms with van der Waals surface area (Å²) in [6, 6.07) is 1.82. The lowest BCUT2D eigenvalue weighted by Crippen LogP contribution is -2.26. The molecule has 1 aliphatic heterocycles. The van der Waals surface area contributed by atoms with Gasteiger partial charge in [-0.3, -0.25) is 4.98 Å². The third-order valence-electron chi connectivity index (χ3n) is 2.16. The Morgan fingerprint density at radius 3 is 3.36 bits per heavy atom. The van der Waals surface area contributed by atoms with Gasteiger partial charge in [-0.25, -0.2) is 0 Å². The van der Waals surface area contributed by atoms with Gasteiger partial charge >= 0.3 is 0 Å². The van der Waals surface area contributed by atoms with Crippen molar-refractivity contribution in [3.63, 3.8) is 0 Å². The number of rotatable bonds is 2. The first-order valence-electron chi connectivity index (χ1n) is 4.62. The molecule has 3 N–H and O–H groups in total. The van der Waals surface area contributed by atoms with Crippen molar-refractivity contribution in [2.45, 2.75) is 6.92 Å². The van der Waals surface area contributed by atoms with Crippen LogP contribution in [0, 0.1) is 0 Å². The van der Waals surface area contributed by atoms with Gasteiger partial charge in [0.05, 0.1) is 17.0 Å². The molecule has 0 saturated carbocycles. The average Bonchev–Trinajstić information content (AvgIpc) is 2.23. The third kappa shape index (κ3) is 1.39. The lowest BCUT2D eigenvalue weighted by atomic mass is 10.1. The van der Waals surface area contributed by atoms with Crippen LogP contribution in [0.25, 0.3) is 5.70 Å². The zero-order valence-corrected chi connectivity index (χ0v) is 8.08. The summed E-state index contributed by atoms with van der Waals surface area (Å²) in [7, 11) is 0. The molecule has 0 aromatic carbocycles. The van der Waals surface area contributed by atoms with Crippen molar-refractivity contribution in [3.8, 4) is 5.75 Å². The van der Waals surface area contributed by atoms with E-state index in [1.165, 1.54) is 0 Å². The summed E-state index contributed by atoms with van der Waals surface area (Å²) in [6.07, 6.45) is 3.42. The molecule has 0 spiro atoms. The molecular weight excluding hydrogens is 178 g/mol. The number of aromatic nitrogens is 1. The van der Waals surface area contributed by atoms with Crippen LogP contribution in [0.4, 0.5) is 0 Å². The van der Waals surface area contributed by atoms with Crippen LogP contribution in [0.5, 0.6) is 5.75 Å². The monoisotopic (exact) mass is 193 g/mol. The molecule has 0 bridgehead atoms. The van der Waals surface area contributed by atoms with Gasteiger partial charge in [0.1, 0.15) is 12.4 Å². The van der Waals surface area contributed by atoms with E-state index in [-0.39, 0.29) is 1.43 Å². The first-order chi connectivity index (χ1) is 6.83. The van der Waals surface area contributed by atoms with Gasteiger partial charge in [-0.2, -0.15) is 0 Å². The molecule has 2 heterocycles. The van der Waals surface area contributed by atoms with Crippen LogP contribution in [0.1, 0.15) is 13.9 Å². The van der Waals surface area contributed by atoms with E-state index in [0.717, 1.165) is 29.3 Å². The molecule has 1 aromatic rings. The number of nitrogens with zero attached hydrogens (tertiary/aromatic N) is 1. The maximum Gasteiger partial charge on any atom is 0.132 e. The molecule has 0 fully saturated rings. The molecule has 1 aromatic heterocycles. The quantitative estimate of drug-likeness (QED) is 0.734. The van der Waals surface area contributed by atoms with Crippen LogP contribution in [-0.4, -0.2) is 18.1 Å². The third-order valence-corrected chi connectivity index (χ3v) is 2.16. The standard InChI is InChI=1S/C10H13N3O.H2/c1-2-13-8-6-14-9-3-4-12-5-7(9)10(8)11;/h3-5,13H,2,6,11H2,1H3;1H. The van der Waals surface area contributed by atoms with Crippen molar-refractivity contribution in [3.05, 3.63) is 29.7 Å². The minimum Gasteiger partial charge on any atom is -0.486 e. The lowest BCUT2D eigenvalue weighted by molar-refractivity contribution is 0.335. The van der Waals surface area contributed by atoms with E-state index in [2.05, 4.69) is 10.3 Å². The van der Waals surface area contributed by atoms with Gasteiger partial charge in [0.2, 0.25) is 0 Å². The lowest BCUT2D eigenvalue weighted by Gasteiger charge is -2.21. The van der Waals surface area contributed by atoms with Gasteiger partial charge in [-0.15, -0.1) is 0 Å². The summed E-state index contributed by atoms with van der Waals surface area (Å²) < 4.78 is 5.52. The fraction of sp³-hybridized carbons (Fsp3) is 0.300. The summed E-state index contributed by atoms with van der Waals surface area (Å²) >= 11 is 0. The van der Waals surface area contributed by atoms with Crippen molar-refractivity contribution in [1.82, 2.24) is 10.3 Å². The molecule has 0 amide bonds. The fourth-order valence-electron chi connectivity index (χ4n) is 1.46. The molecule has 0 saturated heterocycles. The van der Waals surface area contributed by atoms with Gasteiger partial charge in [0, 0.05) is 20.4 Å². The maximum atomic E-state index is 5.97. The van der Waals surface area contributed by atoms with E-state index in [4.69, 9.17) is 10.5 Å². The molecule has 0 atom stereocenters. The molecule has 0 aliphatic carbocycles. The van der Waals surface area contributed by atoms with E-state index in [1.54, 1.807) is 12.4 Å². The molecule has 0 radical (unpaired) electrons. The number of nitrogens with two attached hydrogens (primary N) is 1. The highest BCUT2D eigenvalue weighted by atomic mass is 16.5. The van der Waals surface area contributed by atoms with E-state index in [9.17, 15) is 0 Å². The normalized spacial score (nSPS) is 14.6. The van der Waals surface area contributed by atoms with Gasteiger partial charge in [-0.05, 0) is 13.0 Å². The highest BCUT2D eigenvalue weighted by Crippen LogP contribution is 2.27. The Labute approximate surface area is 84.3 Å². The van der Waals surface area contributed by atoms with Crippen molar-refractivity contribution < 1.29 is 6.16 Å². The highest BCUT2D eigenvalue weighted by Gasteiger charge is 2.16. The molecule has 0 unspecified atom stereocenters. The second kappa shape index (κ2) is 3.57. The van der Waals surface area contributed by atoms with Crippen LogP contribution in [0.2, 0.25) is 0 Å². The zero-order valence-electron chi connectivity index (χ0n) is 8.08. The Morgan fingerprint density at radius 2 is 2.57 bits per heavy atom. The number of nitrogens with one attached hydrogen (secondary N) is 1. The van der Waals surface area contributed by atoms with Crippen molar-refractivity contribution in [2.75, 3.05) is 13.2 Å². The van der Waals surface area contributed by atoms with Crippen molar-refractivity contribution >= 4 is 5.70 Å². The number of likely N-dealkylation sites (N-methyl/N-ethyl adjacent to an activating group) is 1. The van der Waals surface area contributed by atoms with E-state index in [1.807, 2.05) is 13.0 Å². The number of pyridine rings is 1. The Bertz CT molecular complexity index is 379. The van der Waals surface area contributed by atoms with Crippen LogP contribution in [0.15, 0.2) is 24.2 Å². The number of hydrogen-bond donors (Lipinski definition) is 2. The predicted molar refractivity (Wildman–Crippen MR) is 56.6 cm³/mol. The summed E-state index contributed by atoms with van der Waals surface area (Å²) in [4.78, 5) is 4.02. The SMILES string of the molecule is CCNC1=C(N)c2cnccc2OC1.[HH]. The van der Waals surface area contributed by atoms with Gasteiger partial charge in [0.15, 0.2) is 0 Å². The van der Waals surface area contributed by atoms with Crippen molar-refractivity contribution in [2.24, 2.45) is 5.73 Å². The number of hydrogen-bond acceptors (Lipinski definition) is 4. The first kappa shape index (κ1) is 8.87. The van der Waals surface area contributed by atoms with Crippen molar-refractivity contribution in [1.29, 1.82) is 0 Å². The van der Waals surface area contributed by atoms with Gasteiger partial charge in [-0.1, -0.05) is 0 Å². The summed E-state index contributed by atoms with van der Waals surface area (Å²) in [5.74, 6) is 0.805. The van der Waals surface area contributed by atoms with Crippen LogP contribution >= 0.6 is 0 Å². The second-order valence-electron chi connectivity index (χ2n) is 3.08. The largest absolute Gasteiger partial charge is 0.486 e. The number of fused-ring (bicyclic) bond motifs is 1. The zero-order chi connectivity index (χ0) is 9.97. The second-order valence-corrected chi connectivity index (χ2v) is 3.08. The summed E-state index contributed by atoms with van der Waals surface area (Å²) in [5.41, 5.74) is 8.52. The minimum absolute atomic E-state index is 0. The Kier molecular flexibility index (Phi) is 2.26. The smallest absolute Gasteiger partial charge is 0.132 e. The van der Waals surface area contributed by atoms with Gasteiger partial charge in [0.25, 0.3) is 0 Å². The molecule has 4 nitrogen and oxygen atoms in total. The van der Waals surface area contributed by atoms with E-state index >= 15 is 0 Å². The summed E-state index contributed by atoms with van der Waals surface area (Å²) in [5, 5.41) is 3.18. The van der Waals surface area contributed by atoms with Crippen LogP contribution < -0.4 is 15.8 Å². The maximum absolute atomic E-state index is 5.97. The molecule has 1 aliphatic rings. The first-order valence-corrected chi connectivity index (χ1v) is 4.62. The molecular formula is C10H15N3O. The molecule has 2 rings (SSSR count). The fourth-order valence-corrected chi connectivity index (χ4v) is 1.46. The Balaban J connectivity index is 0.00000112. The van der Waals surface area contributed by atoms with E-state index < -0.39 is 0 Å². The predicted octanol–water partition coefficient (Wildman–Crippen LogP) is 0.957. The summed E-state index contributed by atoms with van der Waals surface area (Å²) in [6.45, 7) is 3.38. The molecule has 14 heavy (non-hydrogen) atoms. The Hall–Kier alpha value is -1.71. The molecule has 4 heteroatoms. The average molecular weight is 193 g/mol. The van der Waals surface area contributed by atoms with Crippen LogP contribution in [0.3, 0.4) is 0 Å². The topological polar surface area (TPSA) is 60.2 Å². The molecule has 76 valence electrons.